The first-order valence-corrected chi connectivity index (χ1v) is 22.3. The molecule has 1 N–H and O–H groups in total. The molecule has 4 nitrogen and oxygen atoms in total. The zero-order valence-electron chi connectivity index (χ0n) is 35.4. The van der Waals surface area contributed by atoms with E-state index >= 15 is 0 Å². The van der Waals surface area contributed by atoms with Crippen molar-refractivity contribution < 1.29 is 13.2 Å². The molecule has 1 aromatic heterocycles. The van der Waals surface area contributed by atoms with Gasteiger partial charge >= 0.3 is 6.18 Å². The van der Waals surface area contributed by atoms with Gasteiger partial charge in [-0.3, -0.25) is 4.99 Å². The minimum Gasteiger partial charge on any atom is -0.359 e. The fourth-order valence-electron chi connectivity index (χ4n) is 10.8. The van der Waals surface area contributed by atoms with Crippen molar-refractivity contribution in [1.82, 2.24) is 4.57 Å². The van der Waals surface area contributed by atoms with Crippen molar-refractivity contribution in [2.24, 2.45) is 4.99 Å². The van der Waals surface area contributed by atoms with E-state index in [1.54, 1.807) is 0 Å². The molecule has 3 unspecified atom stereocenters. The maximum absolute atomic E-state index is 13.9. The second kappa shape index (κ2) is 14.7. The Morgan fingerprint density at radius 1 is 0.530 bits per heavy atom. The summed E-state index contributed by atoms with van der Waals surface area (Å²) in [5, 5.41) is 9.43. The predicted molar refractivity (Wildman–Crippen MR) is 265 cm³/mol. The average Bonchev–Trinajstić information content (AvgIpc) is 3.89. The molecule has 3 atom stereocenters. The Balaban J connectivity index is 0.978. The van der Waals surface area contributed by atoms with Crippen LogP contribution in [0.5, 0.6) is 0 Å². The summed E-state index contributed by atoms with van der Waals surface area (Å²) in [6, 6.07) is 63.6. The van der Waals surface area contributed by atoms with E-state index in [1.807, 2.05) is 30.3 Å². The number of benzene rings is 9. The van der Waals surface area contributed by atoms with Crippen molar-refractivity contribution >= 4 is 66.1 Å². The van der Waals surface area contributed by atoms with Crippen molar-refractivity contribution in [3.63, 3.8) is 0 Å². The van der Waals surface area contributed by atoms with Gasteiger partial charge in [0.2, 0.25) is 0 Å². The number of alkyl halides is 3. The number of aromatic nitrogens is 1. The van der Waals surface area contributed by atoms with Gasteiger partial charge in [0.15, 0.2) is 0 Å². The average molecular weight is 861 g/mol. The van der Waals surface area contributed by atoms with Crippen LogP contribution < -0.4 is 10.2 Å². The van der Waals surface area contributed by atoms with Gasteiger partial charge in [0.05, 0.1) is 34.0 Å². The van der Waals surface area contributed by atoms with Gasteiger partial charge in [0.25, 0.3) is 0 Å². The normalized spacial score (nSPS) is 17.5. The molecule has 10 aromatic rings. The third-order valence-electron chi connectivity index (χ3n) is 13.7. The Morgan fingerprint density at radius 3 is 2.15 bits per heavy atom. The van der Waals surface area contributed by atoms with Gasteiger partial charge in [-0.25, -0.2) is 0 Å². The summed E-state index contributed by atoms with van der Waals surface area (Å²) in [6.07, 6.45) is 4.02. The smallest absolute Gasteiger partial charge is 0.359 e. The van der Waals surface area contributed by atoms with Crippen LogP contribution in [0.2, 0.25) is 0 Å². The molecule has 0 radical (unpaired) electrons. The first-order valence-electron chi connectivity index (χ1n) is 22.3. The lowest BCUT2D eigenvalue weighted by atomic mass is 9.85. The summed E-state index contributed by atoms with van der Waals surface area (Å²) in [6.45, 7) is 0. The number of nitrogens with one attached hydrogen (secondary N) is 1. The lowest BCUT2D eigenvalue weighted by molar-refractivity contribution is -0.137. The summed E-state index contributed by atoms with van der Waals surface area (Å²) >= 11 is 0. The second-order valence-electron chi connectivity index (χ2n) is 17.4. The zero-order chi connectivity index (χ0) is 44.1. The Bertz CT molecular complexity index is 3710. The largest absolute Gasteiger partial charge is 0.416 e. The van der Waals surface area contributed by atoms with Gasteiger partial charge in [-0.2, -0.15) is 13.2 Å². The van der Waals surface area contributed by atoms with Crippen LogP contribution >= 0.6 is 0 Å². The first kappa shape index (κ1) is 38.3. The number of anilines is 3. The highest BCUT2D eigenvalue weighted by Gasteiger charge is 2.39. The van der Waals surface area contributed by atoms with Crippen LogP contribution in [0.15, 0.2) is 217 Å². The van der Waals surface area contributed by atoms with Gasteiger partial charge in [-0.05, 0) is 99.1 Å². The van der Waals surface area contributed by atoms with Crippen molar-refractivity contribution in [2.75, 3.05) is 10.2 Å². The lowest BCUT2D eigenvalue weighted by Crippen LogP contribution is -2.28. The SMILES string of the molecule is FC(F)(F)c1ccc2ccc(C3N=C(c4cccc(-n5c6ccccc6c6c(-c7cccc8c7C7C=CC=CC7N8c7ccccc7)cccc65)c4)c4ccc5ccccc5c4N3)cc2c1. The number of rotatable bonds is 5. The van der Waals surface area contributed by atoms with Crippen LogP contribution in [-0.2, 0) is 6.18 Å². The maximum Gasteiger partial charge on any atom is 0.416 e. The molecular formula is C59H39F3N4. The maximum atomic E-state index is 13.9. The van der Waals surface area contributed by atoms with Gasteiger partial charge in [-0.1, -0.05) is 152 Å². The molecule has 0 amide bonds. The van der Waals surface area contributed by atoms with E-state index in [2.05, 4.69) is 179 Å². The van der Waals surface area contributed by atoms with Gasteiger partial charge < -0.3 is 14.8 Å². The number of allylic oxidation sites excluding steroid dienone is 2. The quantitative estimate of drug-likeness (QED) is 0.187. The number of halogens is 3. The Labute approximate surface area is 378 Å². The molecule has 13 rings (SSSR count). The number of para-hydroxylation sites is 2. The molecule has 0 spiro atoms. The number of aliphatic imine (C=N–C) groups is 1. The third kappa shape index (κ3) is 5.96. The Morgan fingerprint density at radius 2 is 1.26 bits per heavy atom. The summed E-state index contributed by atoms with van der Waals surface area (Å²) in [4.78, 5) is 7.89. The summed E-state index contributed by atoms with van der Waals surface area (Å²) in [5.74, 6) is 0.184. The minimum absolute atomic E-state index is 0.168. The van der Waals surface area contributed by atoms with E-state index < -0.39 is 17.9 Å². The zero-order valence-corrected chi connectivity index (χ0v) is 35.4. The van der Waals surface area contributed by atoms with Crippen LogP contribution in [0.4, 0.5) is 30.2 Å². The molecule has 9 aromatic carbocycles. The molecular weight excluding hydrogens is 822 g/mol. The van der Waals surface area contributed by atoms with E-state index in [9.17, 15) is 13.2 Å². The molecule has 1 aliphatic carbocycles. The van der Waals surface area contributed by atoms with E-state index in [0.29, 0.717) is 5.39 Å². The Kier molecular flexibility index (Phi) is 8.53. The number of fused-ring (bicyclic) bond motifs is 10. The molecule has 2 aliphatic heterocycles. The van der Waals surface area contributed by atoms with E-state index in [1.165, 1.54) is 51.0 Å². The van der Waals surface area contributed by atoms with E-state index in [0.717, 1.165) is 67.0 Å². The number of hydrogen-bond donors (Lipinski definition) is 1. The van der Waals surface area contributed by atoms with Crippen molar-refractivity contribution in [1.29, 1.82) is 0 Å². The summed E-state index contributed by atoms with van der Waals surface area (Å²) < 4.78 is 43.9. The summed E-state index contributed by atoms with van der Waals surface area (Å²) in [7, 11) is 0. The van der Waals surface area contributed by atoms with Crippen molar-refractivity contribution in [2.45, 2.75) is 24.3 Å². The van der Waals surface area contributed by atoms with Crippen LogP contribution in [0.1, 0.15) is 39.9 Å². The highest BCUT2D eigenvalue weighted by molar-refractivity contribution is 6.21. The van der Waals surface area contributed by atoms with Crippen LogP contribution in [0.25, 0.3) is 60.2 Å². The fraction of sp³-hybridized carbons (Fsp3) is 0.0678. The minimum atomic E-state index is -4.44. The van der Waals surface area contributed by atoms with Crippen molar-refractivity contribution in [3.05, 3.63) is 240 Å². The summed E-state index contributed by atoms with van der Waals surface area (Å²) in [5.41, 5.74) is 13.1. The van der Waals surface area contributed by atoms with Crippen LogP contribution in [0, 0.1) is 0 Å². The van der Waals surface area contributed by atoms with E-state index in [-0.39, 0.29) is 12.0 Å². The molecule has 316 valence electrons. The first-order chi connectivity index (χ1) is 32.4. The van der Waals surface area contributed by atoms with E-state index in [4.69, 9.17) is 4.99 Å². The van der Waals surface area contributed by atoms with Gasteiger partial charge in [0, 0.05) is 50.3 Å². The Hall–Kier alpha value is -8.16. The molecule has 3 heterocycles. The molecule has 66 heavy (non-hydrogen) atoms. The second-order valence-corrected chi connectivity index (χ2v) is 17.4. The predicted octanol–water partition coefficient (Wildman–Crippen LogP) is 15.5. The highest BCUT2D eigenvalue weighted by atomic mass is 19.4. The molecule has 3 aliphatic rings. The standard InChI is InChI=1S/C59H39F3N4/c60-59(61,62)41-31-29-36-27-28-39(33-40(36)34-41)58-63-56(49-32-30-37-13-4-5-18-44(37)57(49)64-58)38-14-10-17-43(35-38)66-51-24-9-7-20-48(51)55-46(22-12-26-53(55)66)45-21-11-25-52-54(45)47-19-6-8-23-50(47)65(52)42-15-2-1-3-16-42/h1-35,47,50,58,64H. The van der Waals surface area contributed by atoms with Gasteiger partial charge in [-0.15, -0.1) is 0 Å². The molecule has 0 saturated carbocycles. The van der Waals surface area contributed by atoms with Gasteiger partial charge in [0.1, 0.15) is 6.17 Å². The lowest BCUT2D eigenvalue weighted by Gasteiger charge is -2.28. The number of hydrogen-bond acceptors (Lipinski definition) is 3. The number of nitrogens with zero attached hydrogens (tertiary/aromatic N) is 3. The van der Waals surface area contributed by atoms with Crippen molar-refractivity contribution in [3.8, 4) is 16.8 Å². The third-order valence-corrected chi connectivity index (χ3v) is 13.7. The highest BCUT2D eigenvalue weighted by Crippen LogP contribution is 2.52. The molecule has 0 bridgehead atoms. The fourth-order valence-corrected chi connectivity index (χ4v) is 10.8. The molecule has 0 saturated heterocycles. The van der Waals surface area contributed by atoms with Crippen LogP contribution in [0.3, 0.4) is 0 Å². The molecule has 0 fully saturated rings. The topological polar surface area (TPSA) is 32.6 Å². The molecule has 7 heteroatoms. The monoisotopic (exact) mass is 860 g/mol. The van der Waals surface area contributed by atoms with Crippen LogP contribution in [-0.4, -0.2) is 16.3 Å².